The summed E-state index contributed by atoms with van der Waals surface area (Å²) in [5.41, 5.74) is 7.82. The van der Waals surface area contributed by atoms with Crippen molar-refractivity contribution in [3.63, 3.8) is 0 Å². The molecule has 0 bridgehead atoms. The van der Waals surface area contributed by atoms with Gasteiger partial charge < -0.3 is 5.73 Å². The third-order valence-corrected chi connectivity index (χ3v) is 3.55. The van der Waals surface area contributed by atoms with Crippen molar-refractivity contribution < 1.29 is 0 Å². The zero-order chi connectivity index (χ0) is 8.55. The Morgan fingerprint density at radius 1 is 1.33 bits per heavy atom. The van der Waals surface area contributed by atoms with Gasteiger partial charge in [-0.25, -0.2) is 0 Å². The Morgan fingerprint density at radius 2 is 2.17 bits per heavy atom. The number of anilines is 1. The monoisotopic (exact) mass is 290 g/mol. The van der Waals surface area contributed by atoms with Gasteiger partial charge in [-0.2, -0.15) is 0 Å². The van der Waals surface area contributed by atoms with Gasteiger partial charge >= 0.3 is 0 Å². The first kappa shape index (κ1) is 8.25. The molecule has 0 spiro atoms. The van der Waals surface area contributed by atoms with Crippen LogP contribution < -0.4 is 5.73 Å². The number of halogens is 1. The summed E-state index contributed by atoms with van der Waals surface area (Å²) >= 11 is 2.25. The molecule has 0 aliphatic carbocycles. The Bertz CT molecular complexity index is 410. The first-order valence-electron chi connectivity index (χ1n) is 3.47. The van der Waals surface area contributed by atoms with Gasteiger partial charge in [-0.3, -0.25) is 3.97 Å². The summed E-state index contributed by atoms with van der Waals surface area (Å²) in [6.07, 6.45) is 2.03. The molecule has 0 radical (unpaired) electrons. The number of nitrogens with zero attached hydrogens (tertiary/aromatic N) is 1. The predicted octanol–water partition coefficient (Wildman–Crippen LogP) is 3.07. The summed E-state index contributed by atoms with van der Waals surface area (Å²) in [6, 6.07) is 8.00. The van der Waals surface area contributed by atoms with Crippen molar-refractivity contribution in [1.82, 2.24) is 3.97 Å². The van der Waals surface area contributed by atoms with Crippen molar-refractivity contribution in [3.8, 4) is 0 Å². The van der Waals surface area contributed by atoms with Crippen LogP contribution in [0.15, 0.2) is 30.5 Å². The number of benzene rings is 1. The second-order valence-corrected chi connectivity index (χ2v) is 4.20. The zero-order valence-electron chi connectivity index (χ0n) is 6.20. The number of rotatable bonds is 1. The standard InChI is InChI=1S/C8H7IN2S/c9-12-11-5-4-6-7(10)2-1-3-8(6)11/h1-5H,10H2. The van der Waals surface area contributed by atoms with E-state index < -0.39 is 0 Å². The molecule has 12 heavy (non-hydrogen) atoms. The van der Waals surface area contributed by atoms with Crippen molar-refractivity contribution in [2.24, 2.45) is 0 Å². The fourth-order valence-corrected chi connectivity index (χ4v) is 2.60. The molecule has 0 amide bonds. The van der Waals surface area contributed by atoms with Crippen molar-refractivity contribution in [3.05, 3.63) is 30.5 Å². The van der Waals surface area contributed by atoms with E-state index in [1.807, 2.05) is 24.4 Å². The fourth-order valence-electron chi connectivity index (χ4n) is 1.23. The van der Waals surface area contributed by atoms with Gasteiger partial charge in [0.15, 0.2) is 0 Å². The van der Waals surface area contributed by atoms with Crippen molar-refractivity contribution in [2.75, 3.05) is 5.73 Å². The van der Waals surface area contributed by atoms with Crippen LogP contribution in [0.5, 0.6) is 0 Å². The Balaban J connectivity index is 2.80. The molecule has 0 saturated carbocycles. The molecule has 0 saturated heterocycles. The summed E-state index contributed by atoms with van der Waals surface area (Å²) in [4.78, 5) is 0. The van der Waals surface area contributed by atoms with Crippen molar-refractivity contribution in [2.45, 2.75) is 0 Å². The van der Waals surface area contributed by atoms with Crippen LogP contribution in [0.25, 0.3) is 10.9 Å². The minimum absolute atomic E-state index is 0.844. The van der Waals surface area contributed by atoms with Gasteiger partial charge in [0.25, 0.3) is 0 Å². The molecule has 1 aromatic carbocycles. The molecule has 0 unspecified atom stereocenters. The normalized spacial score (nSPS) is 10.8. The Kier molecular flexibility index (Phi) is 2.18. The largest absolute Gasteiger partial charge is 0.398 e. The molecule has 2 nitrogen and oxygen atoms in total. The molecule has 4 heteroatoms. The number of hydrogen-bond acceptors (Lipinski definition) is 2. The highest BCUT2D eigenvalue weighted by atomic mass is 127. The van der Waals surface area contributed by atoms with Gasteiger partial charge in [-0.05, 0) is 18.2 Å². The molecule has 0 atom stereocenters. The maximum absolute atomic E-state index is 5.80. The van der Waals surface area contributed by atoms with Gasteiger partial charge in [0, 0.05) is 47.6 Å². The van der Waals surface area contributed by atoms with E-state index in [0.29, 0.717) is 0 Å². The summed E-state index contributed by atoms with van der Waals surface area (Å²) < 4.78 is 2.09. The summed E-state index contributed by atoms with van der Waals surface area (Å²) in [5.74, 6) is 0. The smallest absolute Gasteiger partial charge is 0.0619 e. The van der Waals surface area contributed by atoms with Gasteiger partial charge in [0.1, 0.15) is 0 Å². The number of hydrogen-bond donors (Lipinski definition) is 1. The first-order chi connectivity index (χ1) is 5.83. The Hall–Kier alpha value is -0.360. The SMILES string of the molecule is Nc1cccc2c1ccn2SI. The van der Waals surface area contributed by atoms with Crippen molar-refractivity contribution in [1.29, 1.82) is 0 Å². The summed E-state index contributed by atoms with van der Waals surface area (Å²) in [6.45, 7) is 0. The van der Waals surface area contributed by atoms with E-state index in [2.05, 4.69) is 31.2 Å². The lowest BCUT2D eigenvalue weighted by Gasteiger charge is -1.98. The van der Waals surface area contributed by atoms with E-state index in [1.54, 1.807) is 9.12 Å². The van der Waals surface area contributed by atoms with Crippen LogP contribution in [-0.4, -0.2) is 3.97 Å². The van der Waals surface area contributed by atoms with Crippen LogP contribution in [0.2, 0.25) is 0 Å². The van der Waals surface area contributed by atoms with Crippen LogP contribution in [0.3, 0.4) is 0 Å². The lowest BCUT2D eigenvalue weighted by atomic mass is 10.2. The Morgan fingerprint density at radius 3 is 2.92 bits per heavy atom. The summed E-state index contributed by atoms with van der Waals surface area (Å²) in [7, 11) is 1.64. The first-order valence-corrected chi connectivity index (χ1v) is 6.79. The van der Waals surface area contributed by atoms with Gasteiger partial charge in [0.05, 0.1) is 5.52 Å². The molecule has 0 aliphatic rings. The molecule has 0 fully saturated rings. The molecule has 1 heterocycles. The lowest BCUT2D eigenvalue weighted by molar-refractivity contribution is 1.37. The molecule has 62 valence electrons. The third kappa shape index (κ3) is 1.19. The van der Waals surface area contributed by atoms with E-state index in [0.717, 1.165) is 11.1 Å². The lowest BCUT2D eigenvalue weighted by Crippen LogP contribution is -1.85. The average molecular weight is 290 g/mol. The second kappa shape index (κ2) is 3.18. The van der Waals surface area contributed by atoms with E-state index in [1.165, 1.54) is 5.52 Å². The predicted molar refractivity (Wildman–Crippen MR) is 63.4 cm³/mol. The third-order valence-electron chi connectivity index (χ3n) is 1.81. The average Bonchev–Trinajstić information content (AvgIpc) is 2.49. The van der Waals surface area contributed by atoms with Crippen LogP contribution in [0.1, 0.15) is 0 Å². The second-order valence-electron chi connectivity index (χ2n) is 2.49. The molecular formula is C8H7IN2S. The van der Waals surface area contributed by atoms with E-state index >= 15 is 0 Å². The number of nitrogens with two attached hydrogens (primary N) is 1. The highest BCUT2D eigenvalue weighted by Crippen LogP contribution is 2.27. The number of aromatic nitrogens is 1. The van der Waals surface area contributed by atoms with Crippen LogP contribution in [0.4, 0.5) is 5.69 Å². The number of fused-ring (bicyclic) bond motifs is 1. The van der Waals surface area contributed by atoms with Crippen LogP contribution in [0, 0.1) is 0 Å². The quantitative estimate of drug-likeness (QED) is 0.646. The highest BCUT2D eigenvalue weighted by Gasteiger charge is 2.01. The highest BCUT2D eigenvalue weighted by molar-refractivity contribution is 14.2. The maximum Gasteiger partial charge on any atom is 0.0619 e. The van der Waals surface area contributed by atoms with Gasteiger partial charge in [0.2, 0.25) is 0 Å². The maximum atomic E-state index is 5.80. The van der Waals surface area contributed by atoms with Crippen LogP contribution in [-0.2, 0) is 0 Å². The molecular weight excluding hydrogens is 283 g/mol. The molecule has 1 aromatic heterocycles. The minimum atomic E-state index is 0.844. The fraction of sp³-hybridized carbons (Fsp3) is 0. The van der Waals surface area contributed by atoms with E-state index in [4.69, 9.17) is 5.73 Å². The molecule has 2 aromatic rings. The zero-order valence-corrected chi connectivity index (χ0v) is 9.17. The topological polar surface area (TPSA) is 30.9 Å². The van der Waals surface area contributed by atoms with Crippen molar-refractivity contribution >= 4 is 46.9 Å². The van der Waals surface area contributed by atoms with E-state index in [-0.39, 0.29) is 0 Å². The summed E-state index contributed by atoms with van der Waals surface area (Å²) in [5, 5.41) is 1.13. The van der Waals surface area contributed by atoms with Gasteiger partial charge in [-0.1, -0.05) is 6.07 Å². The Labute approximate surface area is 86.8 Å². The molecule has 2 N–H and O–H groups in total. The number of nitrogen functional groups attached to an aromatic ring is 1. The minimum Gasteiger partial charge on any atom is -0.398 e. The van der Waals surface area contributed by atoms with E-state index in [9.17, 15) is 0 Å². The van der Waals surface area contributed by atoms with Crippen LogP contribution >= 0.6 is 30.3 Å². The van der Waals surface area contributed by atoms with Gasteiger partial charge in [-0.15, -0.1) is 0 Å². The molecule has 0 aliphatic heterocycles. The molecule has 2 rings (SSSR count).